The van der Waals surface area contributed by atoms with Crippen molar-refractivity contribution in [1.82, 2.24) is 4.98 Å². The summed E-state index contributed by atoms with van der Waals surface area (Å²) < 4.78 is 39.1. The largest absolute Gasteiger partial charge is 0.417 e. The van der Waals surface area contributed by atoms with Crippen LogP contribution in [0.1, 0.15) is 29.5 Å². The van der Waals surface area contributed by atoms with Gasteiger partial charge in [-0.1, -0.05) is 31.5 Å². The van der Waals surface area contributed by atoms with E-state index >= 15 is 0 Å². The summed E-state index contributed by atoms with van der Waals surface area (Å²) >= 11 is 7.09. The van der Waals surface area contributed by atoms with E-state index in [1.165, 1.54) is 23.5 Å². The van der Waals surface area contributed by atoms with E-state index in [1.807, 2.05) is 6.92 Å². The van der Waals surface area contributed by atoms with Crippen molar-refractivity contribution in [2.45, 2.75) is 31.8 Å². The molecule has 0 saturated carbocycles. The van der Waals surface area contributed by atoms with Gasteiger partial charge in [0, 0.05) is 10.4 Å². The lowest BCUT2D eigenvalue weighted by Crippen LogP contribution is -2.06. The van der Waals surface area contributed by atoms with Crippen LogP contribution < -0.4 is 0 Å². The lowest BCUT2D eigenvalue weighted by molar-refractivity contribution is -0.137. The van der Waals surface area contributed by atoms with Crippen LogP contribution in [0.2, 0.25) is 0 Å². The van der Waals surface area contributed by atoms with E-state index in [2.05, 4.69) is 4.98 Å². The molecular formula is C14H13ClF3NS. The van der Waals surface area contributed by atoms with Gasteiger partial charge in [0.15, 0.2) is 0 Å². The van der Waals surface area contributed by atoms with E-state index in [0.717, 1.165) is 29.5 Å². The van der Waals surface area contributed by atoms with Gasteiger partial charge >= 0.3 is 6.18 Å². The van der Waals surface area contributed by atoms with Gasteiger partial charge in [-0.2, -0.15) is 13.2 Å². The van der Waals surface area contributed by atoms with Gasteiger partial charge < -0.3 is 0 Å². The molecule has 108 valence electrons. The first kappa shape index (κ1) is 15.3. The quantitative estimate of drug-likeness (QED) is 0.676. The Kier molecular flexibility index (Phi) is 4.70. The molecule has 0 aliphatic carbocycles. The second-order valence-corrected chi connectivity index (χ2v) is 5.67. The molecule has 0 atom stereocenters. The van der Waals surface area contributed by atoms with E-state index < -0.39 is 11.7 Å². The fourth-order valence-electron chi connectivity index (χ4n) is 1.95. The number of thiazole rings is 1. The Morgan fingerprint density at radius 3 is 2.55 bits per heavy atom. The second-order valence-electron chi connectivity index (χ2n) is 4.32. The normalized spacial score (nSPS) is 11.8. The zero-order valence-corrected chi connectivity index (χ0v) is 12.4. The molecule has 1 heterocycles. The molecule has 0 spiro atoms. The number of hydrogen-bond acceptors (Lipinski definition) is 2. The fraction of sp³-hybridized carbons (Fsp3) is 0.357. The van der Waals surface area contributed by atoms with E-state index in [9.17, 15) is 13.2 Å². The molecule has 2 aromatic rings. The molecule has 1 aromatic heterocycles. The molecule has 0 N–H and O–H groups in total. The first-order valence-corrected chi connectivity index (χ1v) is 7.53. The first-order chi connectivity index (χ1) is 9.47. The summed E-state index contributed by atoms with van der Waals surface area (Å²) in [7, 11) is 0. The number of alkyl halides is 4. The number of aryl methyl sites for hydroxylation is 1. The van der Waals surface area contributed by atoms with Gasteiger partial charge in [-0.3, -0.25) is 0 Å². The molecule has 0 unspecified atom stereocenters. The van der Waals surface area contributed by atoms with Crippen molar-refractivity contribution in [2.24, 2.45) is 0 Å². The highest BCUT2D eigenvalue weighted by Crippen LogP contribution is 2.39. The Bertz CT molecular complexity index is 592. The zero-order chi connectivity index (χ0) is 14.8. The Balaban J connectivity index is 2.52. The van der Waals surface area contributed by atoms with Crippen molar-refractivity contribution < 1.29 is 13.2 Å². The number of nitrogens with zero attached hydrogens (tertiary/aromatic N) is 1. The van der Waals surface area contributed by atoms with Gasteiger partial charge in [0.05, 0.1) is 17.1 Å². The predicted octanol–water partition coefficient (Wildman–Crippen LogP) is 5.52. The number of rotatable bonds is 4. The van der Waals surface area contributed by atoms with Crippen LogP contribution in [0.25, 0.3) is 10.6 Å². The van der Waals surface area contributed by atoms with E-state index in [-0.39, 0.29) is 11.4 Å². The van der Waals surface area contributed by atoms with Crippen molar-refractivity contribution in [3.05, 3.63) is 40.4 Å². The monoisotopic (exact) mass is 319 g/mol. The maximum absolute atomic E-state index is 13.0. The Morgan fingerprint density at radius 2 is 1.95 bits per heavy atom. The predicted molar refractivity (Wildman–Crippen MR) is 76.1 cm³/mol. The van der Waals surface area contributed by atoms with E-state index in [1.54, 1.807) is 6.07 Å². The summed E-state index contributed by atoms with van der Waals surface area (Å²) in [6.45, 7) is 2.00. The molecule has 0 amide bonds. The van der Waals surface area contributed by atoms with Gasteiger partial charge in [0.25, 0.3) is 0 Å². The average molecular weight is 320 g/mol. The molecule has 1 aromatic carbocycles. The molecular weight excluding hydrogens is 307 g/mol. The summed E-state index contributed by atoms with van der Waals surface area (Å²) in [5.41, 5.74) is 0.274. The highest BCUT2D eigenvalue weighted by Gasteiger charge is 2.34. The molecule has 1 nitrogen and oxygen atoms in total. The summed E-state index contributed by atoms with van der Waals surface area (Å²) in [6.07, 6.45) is -2.77. The lowest BCUT2D eigenvalue weighted by atomic mass is 10.1. The topological polar surface area (TPSA) is 12.9 Å². The minimum atomic E-state index is -4.38. The van der Waals surface area contributed by atoms with Gasteiger partial charge in [-0.05, 0) is 12.5 Å². The van der Waals surface area contributed by atoms with Crippen molar-refractivity contribution in [1.29, 1.82) is 0 Å². The van der Waals surface area contributed by atoms with Gasteiger partial charge in [-0.25, -0.2) is 4.98 Å². The van der Waals surface area contributed by atoms with Crippen LogP contribution in [-0.2, 0) is 18.5 Å². The van der Waals surface area contributed by atoms with Crippen LogP contribution in [-0.4, -0.2) is 4.98 Å². The third-order valence-electron chi connectivity index (χ3n) is 2.85. The van der Waals surface area contributed by atoms with Crippen molar-refractivity contribution in [3.8, 4) is 10.6 Å². The Labute approximate surface area is 124 Å². The maximum Gasteiger partial charge on any atom is 0.417 e. The van der Waals surface area contributed by atoms with Crippen molar-refractivity contribution in [2.75, 3.05) is 0 Å². The fourth-order valence-corrected chi connectivity index (χ4v) is 3.27. The number of aromatic nitrogens is 1. The van der Waals surface area contributed by atoms with Crippen LogP contribution in [0.3, 0.4) is 0 Å². The van der Waals surface area contributed by atoms with Crippen LogP contribution >= 0.6 is 22.9 Å². The molecule has 0 aliphatic rings. The highest BCUT2D eigenvalue weighted by atomic mass is 35.5. The van der Waals surface area contributed by atoms with Gasteiger partial charge in [0.2, 0.25) is 0 Å². The summed E-state index contributed by atoms with van der Waals surface area (Å²) in [6, 6.07) is 5.51. The lowest BCUT2D eigenvalue weighted by Gasteiger charge is -2.10. The van der Waals surface area contributed by atoms with Crippen LogP contribution in [0.15, 0.2) is 24.3 Å². The van der Waals surface area contributed by atoms with Crippen LogP contribution in [0.5, 0.6) is 0 Å². The molecule has 6 heteroatoms. The summed E-state index contributed by atoms with van der Waals surface area (Å²) in [5.74, 6) is 0.279. The summed E-state index contributed by atoms with van der Waals surface area (Å²) in [4.78, 5) is 5.20. The molecule has 0 bridgehead atoms. The minimum absolute atomic E-state index is 0.124. The van der Waals surface area contributed by atoms with Gasteiger partial charge in [-0.15, -0.1) is 22.9 Å². The Hall–Kier alpha value is -1.07. The van der Waals surface area contributed by atoms with Crippen LogP contribution in [0.4, 0.5) is 13.2 Å². The van der Waals surface area contributed by atoms with Crippen molar-refractivity contribution >= 4 is 22.9 Å². The minimum Gasteiger partial charge on any atom is -0.241 e. The standard InChI is InChI=1S/C14H13ClF3NS/c1-2-5-11-12(8-15)20-13(19-11)9-6-3-4-7-10(9)14(16,17)18/h3-4,6-7H,2,5,8H2,1H3. The van der Waals surface area contributed by atoms with Gasteiger partial charge in [0.1, 0.15) is 5.01 Å². The molecule has 0 saturated heterocycles. The third-order valence-corrected chi connectivity index (χ3v) is 4.41. The second kappa shape index (κ2) is 6.14. The molecule has 0 radical (unpaired) electrons. The molecule has 0 fully saturated rings. The third kappa shape index (κ3) is 3.15. The van der Waals surface area contributed by atoms with Crippen LogP contribution in [0, 0.1) is 0 Å². The SMILES string of the molecule is CCCc1nc(-c2ccccc2C(F)(F)F)sc1CCl. The molecule has 2 rings (SSSR count). The van der Waals surface area contributed by atoms with Crippen molar-refractivity contribution in [3.63, 3.8) is 0 Å². The summed E-state index contributed by atoms with van der Waals surface area (Å²) in [5, 5.41) is 0.386. The number of benzene rings is 1. The van der Waals surface area contributed by atoms with E-state index in [0.29, 0.717) is 5.01 Å². The Morgan fingerprint density at radius 1 is 1.25 bits per heavy atom. The number of hydrogen-bond donors (Lipinski definition) is 0. The highest BCUT2D eigenvalue weighted by molar-refractivity contribution is 7.15. The first-order valence-electron chi connectivity index (χ1n) is 6.18. The smallest absolute Gasteiger partial charge is 0.241 e. The zero-order valence-electron chi connectivity index (χ0n) is 10.8. The average Bonchev–Trinajstić information content (AvgIpc) is 2.81. The van der Waals surface area contributed by atoms with E-state index in [4.69, 9.17) is 11.6 Å². The maximum atomic E-state index is 13.0. The number of halogens is 4. The molecule has 20 heavy (non-hydrogen) atoms. The molecule has 0 aliphatic heterocycles.